The van der Waals surface area contributed by atoms with Gasteiger partial charge in [0, 0.05) is 26.0 Å². The Balaban J connectivity index is 1.67. The van der Waals surface area contributed by atoms with Crippen LogP contribution in [0.1, 0.15) is 0 Å². The highest BCUT2D eigenvalue weighted by Gasteiger charge is 2.17. The van der Waals surface area contributed by atoms with Crippen molar-refractivity contribution in [2.24, 2.45) is 10.2 Å². The Labute approximate surface area is 158 Å². The maximum absolute atomic E-state index is 12.0. The molecule has 0 saturated heterocycles. The van der Waals surface area contributed by atoms with Crippen molar-refractivity contribution in [3.63, 3.8) is 0 Å². The third-order valence-electron chi connectivity index (χ3n) is 3.69. The summed E-state index contributed by atoms with van der Waals surface area (Å²) in [6, 6.07) is 20.0. The van der Waals surface area contributed by atoms with Gasteiger partial charge in [0.15, 0.2) is 0 Å². The molecule has 3 rings (SSSR count). The molecule has 0 spiro atoms. The second kappa shape index (κ2) is 8.07. The first kappa shape index (κ1) is 18.7. The summed E-state index contributed by atoms with van der Waals surface area (Å²) < 4.78 is 25.3. The molecule has 0 saturated carbocycles. The first-order chi connectivity index (χ1) is 12.9. The lowest BCUT2D eigenvalue weighted by Gasteiger charge is -2.11. The van der Waals surface area contributed by atoms with Gasteiger partial charge in [0.25, 0.3) is 0 Å². The van der Waals surface area contributed by atoms with Gasteiger partial charge in [-0.25, -0.2) is 17.7 Å². The van der Waals surface area contributed by atoms with E-state index in [0.717, 1.165) is 21.4 Å². The monoisotopic (exact) mass is 381 g/mol. The number of benzene rings is 2. The van der Waals surface area contributed by atoms with Crippen molar-refractivity contribution in [1.29, 1.82) is 0 Å². The van der Waals surface area contributed by atoms with Gasteiger partial charge in [-0.05, 0) is 48.5 Å². The first-order valence-corrected chi connectivity index (χ1v) is 9.61. The molecule has 1 N–H and O–H groups in total. The highest BCUT2D eigenvalue weighted by atomic mass is 32.2. The largest absolute Gasteiger partial charge is 0.340 e. The van der Waals surface area contributed by atoms with Gasteiger partial charge >= 0.3 is 0 Å². The smallest absolute Gasteiger partial charge is 0.244 e. The third kappa shape index (κ3) is 4.75. The minimum atomic E-state index is -3.48. The zero-order chi connectivity index (χ0) is 19.3. The number of hydrogen-bond acceptors (Lipinski definition) is 6. The highest BCUT2D eigenvalue weighted by molar-refractivity contribution is 7.89. The van der Waals surface area contributed by atoms with Crippen molar-refractivity contribution in [2.75, 3.05) is 19.4 Å². The van der Waals surface area contributed by atoms with E-state index in [1.54, 1.807) is 6.07 Å². The Morgan fingerprint density at radius 3 is 2.04 bits per heavy atom. The van der Waals surface area contributed by atoms with E-state index in [9.17, 15) is 8.42 Å². The average Bonchev–Trinajstić information content (AvgIpc) is 2.68. The van der Waals surface area contributed by atoms with Crippen LogP contribution in [0.15, 0.2) is 88.1 Å². The molecule has 0 amide bonds. The molecular weight excluding hydrogens is 362 g/mol. The number of nitrogens with zero attached hydrogens (tertiary/aromatic N) is 4. The van der Waals surface area contributed by atoms with Crippen LogP contribution in [0.5, 0.6) is 0 Å². The summed E-state index contributed by atoms with van der Waals surface area (Å²) in [6.07, 6.45) is 1.33. The summed E-state index contributed by atoms with van der Waals surface area (Å²) in [7, 11) is -0.513. The molecule has 0 aliphatic rings. The van der Waals surface area contributed by atoms with E-state index in [1.807, 2.05) is 54.6 Å². The number of azo groups is 1. The van der Waals surface area contributed by atoms with E-state index in [1.165, 1.54) is 26.4 Å². The number of pyridine rings is 1. The van der Waals surface area contributed by atoms with Crippen LogP contribution < -0.4 is 5.32 Å². The lowest BCUT2D eigenvalue weighted by atomic mass is 10.3. The van der Waals surface area contributed by atoms with Crippen LogP contribution in [-0.4, -0.2) is 31.8 Å². The highest BCUT2D eigenvalue weighted by Crippen LogP contribution is 2.22. The lowest BCUT2D eigenvalue weighted by Crippen LogP contribution is -2.22. The summed E-state index contributed by atoms with van der Waals surface area (Å²) in [5.41, 5.74) is 2.32. The van der Waals surface area contributed by atoms with Crippen LogP contribution >= 0.6 is 0 Å². The number of nitrogens with one attached hydrogen (secondary N) is 1. The van der Waals surface area contributed by atoms with E-state index < -0.39 is 10.0 Å². The zero-order valence-corrected chi connectivity index (χ0v) is 15.8. The Bertz CT molecular complexity index is 1020. The summed E-state index contributed by atoms with van der Waals surface area (Å²) in [4.78, 5) is 4.31. The van der Waals surface area contributed by atoms with Crippen LogP contribution in [-0.2, 0) is 10.0 Å². The predicted octanol–water partition coefficient (Wildman–Crippen LogP) is 4.49. The predicted molar refractivity (Wildman–Crippen MR) is 105 cm³/mol. The van der Waals surface area contributed by atoms with Gasteiger partial charge < -0.3 is 5.32 Å². The minimum absolute atomic E-state index is 0.148. The minimum Gasteiger partial charge on any atom is -0.340 e. The second-order valence-electron chi connectivity index (χ2n) is 5.87. The van der Waals surface area contributed by atoms with Gasteiger partial charge in [0.2, 0.25) is 10.0 Å². The van der Waals surface area contributed by atoms with Crippen molar-refractivity contribution >= 4 is 32.9 Å². The molecule has 138 valence electrons. The number of sulfonamides is 1. The molecule has 0 atom stereocenters. The molecule has 3 aromatic rings. The molecule has 8 heteroatoms. The maximum Gasteiger partial charge on any atom is 0.244 e. The molecular formula is C19H19N5O2S. The standard InChI is InChI=1S/C19H19N5O2S/c1-24(2)27(25,26)18-12-13-19(20-14-18)21-15-8-10-17(11-9-15)23-22-16-6-4-3-5-7-16/h3-14H,1-2H3,(H,20,21). The van der Waals surface area contributed by atoms with Crippen molar-refractivity contribution in [1.82, 2.24) is 9.29 Å². The molecule has 0 fully saturated rings. The molecule has 27 heavy (non-hydrogen) atoms. The third-order valence-corrected chi connectivity index (χ3v) is 5.49. The van der Waals surface area contributed by atoms with Gasteiger partial charge in [0.1, 0.15) is 10.7 Å². The van der Waals surface area contributed by atoms with E-state index >= 15 is 0 Å². The lowest BCUT2D eigenvalue weighted by molar-refractivity contribution is 0.520. The fourth-order valence-corrected chi connectivity index (χ4v) is 3.03. The molecule has 0 unspecified atom stereocenters. The molecule has 1 aromatic heterocycles. The van der Waals surface area contributed by atoms with Crippen LogP contribution in [0.2, 0.25) is 0 Å². The van der Waals surface area contributed by atoms with E-state index in [2.05, 4.69) is 20.5 Å². The van der Waals surface area contributed by atoms with E-state index in [0.29, 0.717) is 5.82 Å². The average molecular weight is 381 g/mol. The number of aromatic nitrogens is 1. The molecule has 7 nitrogen and oxygen atoms in total. The molecule has 2 aromatic carbocycles. The van der Waals surface area contributed by atoms with Gasteiger partial charge in [-0.15, -0.1) is 0 Å². The van der Waals surface area contributed by atoms with Gasteiger partial charge in [0.05, 0.1) is 11.4 Å². The van der Waals surface area contributed by atoms with Crippen LogP contribution in [0.4, 0.5) is 22.9 Å². The topological polar surface area (TPSA) is 87.0 Å². The Morgan fingerprint density at radius 1 is 0.852 bits per heavy atom. The van der Waals surface area contributed by atoms with Crippen molar-refractivity contribution in [2.45, 2.75) is 4.90 Å². The molecule has 0 aliphatic carbocycles. The zero-order valence-electron chi connectivity index (χ0n) is 14.9. The molecule has 0 bridgehead atoms. The van der Waals surface area contributed by atoms with E-state index in [-0.39, 0.29) is 4.90 Å². The number of rotatable bonds is 6. The Morgan fingerprint density at radius 2 is 1.48 bits per heavy atom. The number of hydrogen-bond donors (Lipinski definition) is 1. The van der Waals surface area contributed by atoms with Crippen LogP contribution in [0, 0.1) is 0 Å². The summed E-state index contributed by atoms with van der Waals surface area (Å²) >= 11 is 0. The number of anilines is 2. The van der Waals surface area contributed by atoms with Crippen molar-refractivity contribution in [3.05, 3.63) is 72.9 Å². The van der Waals surface area contributed by atoms with Crippen LogP contribution in [0.25, 0.3) is 0 Å². The normalized spacial score (nSPS) is 11.8. The summed E-state index contributed by atoms with van der Waals surface area (Å²) in [5, 5.41) is 11.5. The second-order valence-corrected chi connectivity index (χ2v) is 8.03. The van der Waals surface area contributed by atoms with E-state index in [4.69, 9.17) is 0 Å². The van der Waals surface area contributed by atoms with Gasteiger partial charge in [-0.1, -0.05) is 18.2 Å². The quantitative estimate of drug-likeness (QED) is 0.637. The molecule has 0 aliphatic heterocycles. The first-order valence-electron chi connectivity index (χ1n) is 8.17. The molecule has 1 heterocycles. The maximum atomic E-state index is 12.0. The summed E-state index contributed by atoms with van der Waals surface area (Å²) in [5.74, 6) is 0.548. The Hall–Kier alpha value is -3.10. The SMILES string of the molecule is CN(C)S(=O)(=O)c1ccc(Nc2ccc(N=Nc3ccccc3)cc2)nc1. The molecule has 0 radical (unpaired) electrons. The van der Waals surface area contributed by atoms with Crippen molar-refractivity contribution in [3.8, 4) is 0 Å². The van der Waals surface area contributed by atoms with Crippen LogP contribution in [0.3, 0.4) is 0 Å². The summed E-state index contributed by atoms with van der Waals surface area (Å²) in [6.45, 7) is 0. The van der Waals surface area contributed by atoms with Crippen molar-refractivity contribution < 1.29 is 8.42 Å². The fraction of sp³-hybridized carbons (Fsp3) is 0.105. The van der Waals surface area contributed by atoms with Gasteiger partial charge in [-0.3, -0.25) is 0 Å². The van der Waals surface area contributed by atoms with Gasteiger partial charge in [-0.2, -0.15) is 10.2 Å². The fourth-order valence-electron chi connectivity index (χ4n) is 2.19. The Kier molecular flexibility index (Phi) is 5.58.